The third-order valence-electron chi connectivity index (χ3n) is 15.1. The van der Waals surface area contributed by atoms with Crippen LogP contribution in [0, 0.1) is 56.7 Å². The van der Waals surface area contributed by atoms with Crippen LogP contribution >= 0.6 is 0 Å². The molecule has 244 valence electrons. The lowest BCUT2D eigenvalue weighted by molar-refractivity contribution is -0.298. The summed E-state index contributed by atoms with van der Waals surface area (Å²) < 4.78 is 12.0. The molecule has 0 spiro atoms. The van der Waals surface area contributed by atoms with Gasteiger partial charge < -0.3 is 24.8 Å². The van der Waals surface area contributed by atoms with Crippen LogP contribution in [-0.2, 0) is 4.74 Å². The van der Waals surface area contributed by atoms with Crippen LogP contribution in [0.1, 0.15) is 110 Å². The van der Waals surface area contributed by atoms with Gasteiger partial charge in [0, 0.05) is 11.3 Å². The minimum absolute atomic E-state index is 0.0155. The number of fused-ring (bicyclic) bond motifs is 7. The SMILES string of the molecule is C=C(C)C1CCC2(C)CC(O)C3(C)C(CC(OC(=O)c4ccc(O)c(OC)c4)C4C5(C)CCC(O)C(C)(C)C5CCC43C)C12. The molecule has 0 saturated heterocycles. The van der Waals surface area contributed by atoms with Gasteiger partial charge in [-0.1, -0.05) is 53.7 Å². The molecule has 5 fully saturated rings. The summed E-state index contributed by atoms with van der Waals surface area (Å²) in [7, 11) is 1.48. The maximum Gasteiger partial charge on any atom is 0.338 e. The van der Waals surface area contributed by atoms with Crippen molar-refractivity contribution < 1.29 is 29.6 Å². The number of methoxy groups -OCH3 is 1. The molecule has 5 aliphatic carbocycles. The van der Waals surface area contributed by atoms with E-state index in [0.717, 1.165) is 44.9 Å². The highest BCUT2D eigenvalue weighted by atomic mass is 16.5. The van der Waals surface area contributed by atoms with E-state index in [-0.39, 0.29) is 68.5 Å². The van der Waals surface area contributed by atoms with Gasteiger partial charge >= 0.3 is 5.97 Å². The maximum absolute atomic E-state index is 14.0. The van der Waals surface area contributed by atoms with Crippen LogP contribution in [-0.4, -0.2) is 46.7 Å². The van der Waals surface area contributed by atoms with Crippen molar-refractivity contribution in [3.05, 3.63) is 35.9 Å². The number of aliphatic hydroxyl groups is 2. The van der Waals surface area contributed by atoms with Crippen molar-refractivity contribution in [3.8, 4) is 11.5 Å². The normalized spacial score (nSPS) is 47.4. The molecule has 0 aromatic heterocycles. The molecule has 0 bridgehead atoms. The van der Waals surface area contributed by atoms with E-state index < -0.39 is 12.1 Å². The molecule has 0 radical (unpaired) electrons. The van der Waals surface area contributed by atoms with E-state index >= 15 is 0 Å². The van der Waals surface area contributed by atoms with Crippen molar-refractivity contribution >= 4 is 5.97 Å². The summed E-state index contributed by atoms with van der Waals surface area (Å²) in [5, 5.41) is 33.8. The minimum atomic E-state index is -0.439. The first-order valence-electron chi connectivity index (χ1n) is 17.0. The Hall–Kier alpha value is -2.05. The Kier molecular flexibility index (Phi) is 7.42. The number of carbonyl (C=O) groups is 1. The second-order valence-electron chi connectivity index (χ2n) is 17.2. The van der Waals surface area contributed by atoms with E-state index in [4.69, 9.17) is 9.47 Å². The predicted molar refractivity (Wildman–Crippen MR) is 171 cm³/mol. The third-order valence-corrected chi connectivity index (χ3v) is 15.1. The number of phenolic OH excluding ortho intramolecular Hbond substituents is 1. The number of carbonyl (C=O) groups excluding carboxylic acids is 1. The first kappa shape index (κ1) is 31.9. The highest BCUT2D eigenvalue weighted by molar-refractivity contribution is 5.90. The first-order valence-corrected chi connectivity index (χ1v) is 17.0. The van der Waals surface area contributed by atoms with Gasteiger partial charge in [-0.15, -0.1) is 0 Å². The molecule has 0 amide bonds. The fourth-order valence-electron chi connectivity index (χ4n) is 12.8. The van der Waals surface area contributed by atoms with Crippen LogP contribution in [0.5, 0.6) is 11.5 Å². The number of aromatic hydroxyl groups is 1. The number of phenols is 1. The average molecular weight is 609 g/mol. The van der Waals surface area contributed by atoms with Gasteiger partial charge in [-0.3, -0.25) is 0 Å². The number of benzene rings is 1. The molecular weight excluding hydrogens is 552 g/mol. The molecule has 6 rings (SSSR count). The van der Waals surface area contributed by atoms with Crippen LogP contribution in [0.2, 0.25) is 0 Å². The lowest BCUT2D eigenvalue weighted by Gasteiger charge is -2.74. The summed E-state index contributed by atoms with van der Waals surface area (Å²) >= 11 is 0. The van der Waals surface area contributed by atoms with Gasteiger partial charge in [0.2, 0.25) is 0 Å². The summed E-state index contributed by atoms with van der Waals surface area (Å²) in [4.78, 5) is 14.0. The van der Waals surface area contributed by atoms with Crippen molar-refractivity contribution in [1.82, 2.24) is 0 Å². The van der Waals surface area contributed by atoms with Crippen LogP contribution in [0.15, 0.2) is 30.4 Å². The molecule has 3 N–H and O–H groups in total. The van der Waals surface area contributed by atoms with E-state index in [9.17, 15) is 20.1 Å². The number of allylic oxidation sites excluding steroid dienone is 1. The van der Waals surface area contributed by atoms with Gasteiger partial charge in [0.05, 0.1) is 24.9 Å². The van der Waals surface area contributed by atoms with Crippen LogP contribution in [0.25, 0.3) is 0 Å². The quantitative estimate of drug-likeness (QED) is 0.241. The molecule has 12 atom stereocenters. The van der Waals surface area contributed by atoms with Crippen molar-refractivity contribution in [2.75, 3.05) is 7.11 Å². The Bertz CT molecular complexity index is 1340. The van der Waals surface area contributed by atoms with Gasteiger partial charge in [0.15, 0.2) is 11.5 Å². The van der Waals surface area contributed by atoms with Crippen molar-refractivity contribution in [2.24, 2.45) is 56.7 Å². The van der Waals surface area contributed by atoms with Crippen molar-refractivity contribution in [1.29, 1.82) is 0 Å². The molecule has 1 aromatic rings. The zero-order valence-corrected chi connectivity index (χ0v) is 28.3. The second kappa shape index (κ2) is 10.2. The second-order valence-corrected chi connectivity index (χ2v) is 17.2. The number of hydrogen-bond donors (Lipinski definition) is 3. The van der Waals surface area contributed by atoms with E-state index in [1.807, 2.05) is 0 Å². The molecule has 12 unspecified atom stereocenters. The van der Waals surface area contributed by atoms with Crippen molar-refractivity contribution in [3.63, 3.8) is 0 Å². The average Bonchev–Trinajstić information content (AvgIpc) is 3.29. The lowest BCUT2D eigenvalue weighted by Crippen LogP contribution is -2.73. The number of hydrogen-bond acceptors (Lipinski definition) is 6. The van der Waals surface area contributed by atoms with Crippen LogP contribution in [0.4, 0.5) is 0 Å². The Balaban J connectivity index is 1.49. The topological polar surface area (TPSA) is 96.2 Å². The Morgan fingerprint density at radius 1 is 0.977 bits per heavy atom. The number of esters is 1. The van der Waals surface area contributed by atoms with E-state index in [1.165, 1.54) is 18.7 Å². The maximum atomic E-state index is 14.0. The Morgan fingerprint density at radius 2 is 1.68 bits per heavy atom. The smallest absolute Gasteiger partial charge is 0.338 e. The highest BCUT2D eigenvalue weighted by Crippen LogP contribution is 2.77. The lowest BCUT2D eigenvalue weighted by atomic mass is 9.31. The van der Waals surface area contributed by atoms with E-state index in [2.05, 4.69) is 55.0 Å². The molecule has 0 heterocycles. The van der Waals surface area contributed by atoms with Gasteiger partial charge in [0.1, 0.15) is 6.10 Å². The monoisotopic (exact) mass is 608 g/mol. The van der Waals surface area contributed by atoms with Crippen molar-refractivity contribution in [2.45, 2.75) is 118 Å². The molecular formula is C38H56O6. The third kappa shape index (κ3) is 4.14. The fraction of sp³-hybridized carbons (Fsp3) is 0.763. The minimum Gasteiger partial charge on any atom is -0.504 e. The molecule has 0 aliphatic heterocycles. The molecule has 5 saturated carbocycles. The summed E-state index contributed by atoms with van der Waals surface area (Å²) in [5.41, 5.74) is 0.553. The molecule has 5 aliphatic rings. The van der Waals surface area contributed by atoms with Crippen LogP contribution in [0.3, 0.4) is 0 Å². The van der Waals surface area contributed by atoms with Crippen LogP contribution < -0.4 is 4.74 Å². The predicted octanol–water partition coefficient (Wildman–Crippen LogP) is 7.55. The summed E-state index contributed by atoms with van der Waals surface area (Å²) in [6, 6.07) is 4.65. The molecule has 6 nitrogen and oxygen atoms in total. The fourth-order valence-corrected chi connectivity index (χ4v) is 12.8. The number of aliphatic hydroxyl groups excluding tert-OH is 2. The standard InChI is InChI=1S/C38H56O6/c1-21(2)23-12-15-35(5)20-30(41)38(8)24(31(23)35)19-27(44-33(42)22-10-11-25(39)26(18-22)43-9)32-36(6)16-14-29(40)34(3,4)28(36)13-17-37(32,38)7/h10-11,18,23-24,27-32,39-41H,1,12-17,19-20H2,2-9H3. The van der Waals surface area contributed by atoms with Gasteiger partial charge in [-0.25, -0.2) is 4.79 Å². The Morgan fingerprint density at radius 3 is 2.34 bits per heavy atom. The van der Waals surface area contributed by atoms with Gasteiger partial charge in [0.25, 0.3) is 0 Å². The summed E-state index contributed by atoms with van der Waals surface area (Å²) in [5.74, 6) is 1.06. The molecule has 44 heavy (non-hydrogen) atoms. The largest absolute Gasteiger partial charge is 0.504 e. The molecule has 6 heteroatoms. The highest BCUT2D eigenvalue weighted by Gasteiger charge is 2.75. The van der Waals surface area contributed by atoms with E-state index in [1.54, 1.807) is 12.1 Å². The number of ether oxygens (including phenoxy) is 2. The summed E-state index contributed by atoms with van der Waals surface area (Å²) in [6.07, 6.45) is 6.07. The Labute approximate surface area is 264 Å². The zero-order chi connectivity index (χ0) is 32.2. The number of rotatable bonds is 4. The van der Waals surface area contributed by atoms with Gasteiger partial charge in [-0.2, -0.15) is 0 Å². The molecule has 1 aromatic carbocycles. The summed E-state index contributed by atoms with van der Waals surface area (Å²) in [6.45, 7) is 20.6. The van der Waals surface area contributed by atoms with Gasteiger partial charge in [-0.05, 0) is 122 Å². The first-order chi connectivity index (χ1) is 20.5. The van der Waals surface area contributed by atoms with E-state index in [0.29, 0.717) is 23.8 Å². The zero-order valence-electron chi connectivity index (χ0n) is 28.3.